The highest BCUT2D eigenvalue weighted by molar-refractivity contribution is 5.86. The number of ether oxygens (including phenoxy) is 1. The average molecular weight is 286 g/mol. The van der Waals surface area contributed by atoms with Gasteiger partial charge in [0.05, 0.1) is 7.11 Å². The van der Waals surface area contributed by atoms with Crippen molar-refractivity contribution in [2.75, 3.05) is 13.7 Å². The quantitative estimate of drug-likeness (QED) is 0.489. The summed E-state index contributed by atoms with van der Waals surface area (Å²) < 4.78 is 4.54. The van der Waals surface area contributed by atoms with Crippen LogP contribution in [0.2, 0.25) is 0 Å². The van der Waals surface area contributed by atoms with Gasteiger partial charge in [0.2, 0.25) is 11.8 Å². The highest BCUT2D eigenvalue weighted by Gasteiger charge is 2.22. The Morgan fingerprint density at radius 2 is 1.75 bits per heavy atom. The van der Waals surface area contributed by atoms with Crippen LogP contribution in [0.15, 0.2) is 0 Å². The minimum atomic E-state index is -0.498. The molecular weight excluding hydrogens is 260 g/mol. The average Bonchev–Trinajstić information content (AvgIpc) is 2.38. The van der Waals surface area contributed by atoms with Gasteiger partial charge in [-0.2, -0.15) is 0 Å². The van der Waals surface area contributed by atoms with Crippen LogP contribution in [-0.2, 0) is 19.1 Å². The van der Waals surface area contributed by atoms with E-state index < -0.39 is 6.04 Å². The molecule has 0 fully saturated rings. The Balaban J connectivity index is 3.85. The van der Waals surface area contributed by atoms with E-state index in [9.17, 15) is 14.4 Å². The molecule has 0 aliphatic heterocycles. The minimum Gasteiger partial charge on any atom is -0.469 e. The first-order valence-corrected chi connectivity index (χ1v) is 7.00. The van der Waals surface area contributed by atoms with E-state index in [2.05, 4.69) is 15.4 Å². The highest BCUT2D eigenvalue weighted by Crippen LogP contribution is 2.03. The van der Waals surface area contributed by atoms with E-state index in [0.29, 0.717) is 13.0 Å². The number of carbonyl (C=O) groups is 3. The van der Waals surface area contributed by atoms with Crippen molar-refractivity contribution < 1.29 is 19.1 Å². The van der Waals surface area contributed by atoms with Crippen molar-refractivity contribution in [3.05, 3.63) is 0 Å². The van der Waals surface area contributed by atoms with Gasteiger partial charge < -0.3 is 15.4 Å². The second-order valence-corrected chi connectivity index (χ2v) is 5.10. The summed E-state index contributed by atoms with van der Waals surface area (Å²) in [5.41, 5.74) is 0. The van der Waals surface area contributed by atoms with E-state index in [1.807, 2.05) is 13.8 Å². The van der Waals surface area contributed by atoms with Crippen LogP contribution in [-0.4, -0.2) is 37.5 Å². The van der Waals surface area contributed by atoms with Gasteiger partial charge in [-0.05, 0) is 18.8 Å². The molecule has 0 aromatic carbocycles. The summed E-state index contributed by atoms with van der Waals surface area (Å²) in [6, 6.07) is -0.498. The Kier molecular flexibility index (Phi) is 9.41. The van der Waals surface area contributed by atoms with Gasteiger partial charge in [-0.25, -0.2) is 0 Å². The predicted molar refractivity (Wildman–Crippen MR) is 75.9 cm³/mol. The predicted octanol–water partition coefficient (Wildman–Crippen LogP) is 0.997. The van der Waals surface area contributed by atoms with Crippen LogP contribution in [0.25, 0.3) is 0 Å². The lowest BCUT2D eigenvalue weighted by atomic mass is 10.0. The summed E-state index contributed by atoms with van der Waals surface area (Å²) in [7, 11) is 1.37. The number of rotatable bonds is 9. The van der Waals surface area contributed by atoms with Crippen LogP contribution in [0.3, 0.4) is 0 Å². The van der Waals surface area contributed by atoms with E-state index in [0.717, 1.165) is 19.3 Å². The molecule has 0 heterocycles. The first-order valence-electron chi connectivity index (χ1n) is 7.00. The molecule has 0 aromatic rings. The van der Waals surface area contributed by atoms with Crippen molar-refractivity contribution >= 4 is 17.8 Å². The maximum atomic E-state index is 11.9. The summed E-state index contributed by atoms with van der Waals surface area (Å²) in [4.78, 5) is 33.8. The fourth-order valence-electron chi connectivity index (χ4n) is 1.75. The molecule has 1 unspecified atom stereocenters. The monoisotopic (exact) mass is 286 g/mol. The van der Waals surface area contributed by atoms with Crippen LogP contribution >= 0.6 is 0 Å². The largest absolute Gasteiger partial charge is 0.469 e. The number of methoxy groups -OCH3 is 1. The third-order valence-electron chi connectivity index (χ3n) is 2.89. The van der Waals surface area contributed by atoms with E-state index >= 15 is 0 Å². The van der Waals surface area contributed by atoms with Crippen molar-refractivity contribution in [1.82, 2.24) is 10.6 Å². The molecule has 0 radical (unpaired) electrons. The van der Waals surface area contributed by atoms with Crippen LogP contribution in [0, 0.1) is 5.92 Å². The van der Waals surface area contributed by atoms with E-state index in [4.69, 9.17) is 0 Å². The van der Waals surface area contributed by atoms with Gasteiger partial charge in [0.25, 0.3) is 0 Å². The third-order valence-corrected chi connectivity index (χ3v) is 2.89. The van der Waals surface area contributed by atoms with Crippen molar-refractivity contribution in [2.45, 2.75) is 52.5 Å². The van der Waals surface area contributed by atoms with Crippen molar-refractivity contribution in [1.29, 1.82) is 0 Å². The van der Waals surface area contributed by atoms with Crippen molar-refractivity contribution in [2.24, 2.45) is 5.92 Å². The maximum Gasteiger partial charge on any atom is 0.305 e. The van der Waals surface area contributed by atoms with Gasteiger partial charge in [-0.15, -0.1) is 0 Å². The number of hydrogen-bond acceptors (Lipinski definition) is 4. The first kappa shape index (κ1) is 18.4. The lowest BCUT2D eigenvalue weighted by molar-refractivity contribution is -0.140. The molecule has 6 heteroatoms. The zero-order valence-corrected chi connectivity index (χ0v) is 12.8. The van der Waals surface area contributed by atoms with Gasteiger partial charge in [0.15, 0.2) is 0 Å². The number of carbonyl (C=O) groups excluding carboxylic acids is 3. The van der Waals surface area contributed by atoms with E-state index in [-0.39, 0.29) is 23.7 Å². The van der Waals surface area contributed by atoms with Gasteiger partial charge in [-0.3, -0.25) is 14.4 Å². The topological polar surface area (TPSA) is 84.5 Å². The zero-order valence-electron chi connectivity index (χ0n) is 12.8. The van der Waals surface area contributed by atoms with Crippen LogP contribution in [0.1, 0.15) is 46.5 Å². The maximum absolute atomic E-state index is 11.9. The Hall–Kier alpha value is -1.59. The smallest absolute Gasteiger partial charge is 0.305 e. The first-order chi connectivity index (χ1) is 9.38. The van der Waals surface area contributed by atoms with Crippen molar-refractivity contribution in [3.8, 4) is 0 Å². The molecule has 0 bridgehead atoms. The molecule has 2 N–H and O–H groups in total. The lowest BCUT2D eigenvalue weighted by Gasteiger charge is -2.20. The standard InChI is InChI=1S/C14H26N2O4/c1-10(2)13(16-11(3)17)14(19)15-9-7-5-6-8-12(18)20-4/h10,13H,5-9H2,1-4H3,(H,15,19)(H,16,17). The van der Waals surface area contributed by atoms with Crippen molar-refractivity contribution in [3.63, 3.8) is 0 Å². The zero-order chi connectivity index (χ0) is 15.5. The molecule has 0 aromatic heterocycles. The molecule has 1 atom stereocenters. The van der Waals surface area contributed by atoms with Crippen LogP contribution in [0.5, 0.6) is 0 Å². The molecule has 0 aliphatic rings. The van der Waals surface area contributed by atoms with Gasteiger partial charge >= 0.3 is 5.97 Å². The van der Waals surface area contributed by atoms with Gasteiger partial charge in [0.1, 0.15) is 6.04 Å². The molecule has 6 nitrogen and oxygen atoms in total. The normalized spacial score (nSPS) is 11.8. The Morgan fingerprint density at radius 3 is 2.25 bits per heavy atom. The van der Waals surface area contributed by atoms with Gasteiger partial charge in [0, 0.05) is 19.9 Å². The number of nitrogens with one attached hydrogen (secondary N) is 2. The Labute approximate surface area is 120 Å². The second kappa shape index (κ2) is 10.2. The molecule has 20 heavy (non-hydrogen) atoms. The molecule has 2 amide bonds. The Bertz CT molecular complexity index is 329. The SMILES string of the molecule is COC(=O)CCCCCNC(=O)C(NC(C)=O)C(C)C. The molecule has 0 saturated carbocycles. The molecule has 0 saturated heterocycles. The minimum absolute atomic E-state index is 0.0400. The van der Waals surface area contributed by atoms with E-state index in [1.54, 1.807) is 0 Å². The summed E-state index contributed by atoms with van der Waals surface area (Å²) in [5, 5.41) is 5.44. The molecule has 0 aliphatic carbocycles. The van der Waals surface area contributed by atoms with Crippen LogP contribution < -0.4 is 10.6 Å². The number of amides is 2. The highest BCUT2D eigenvalue weighted by atomic mass is 16.5. The van der Waals surface area contributed by atoms with E-state index in [1.165, 1.54) is 14.0 Å². The second-order valence-electron chi connectivity index (χ2n) is 5.10. The fourth-order valence-corrected chi connectivity index (χ4v) is 1.75. The van der Waals surface area contributed by atoms with Crippen LogP contribution in [0.4, 0.5) is 0 Å². The fraction of sp³-hybridized carbons (Fsp3) is 0.786. The number of hydrogen-bond donors (Lipinski definition) is 2. The molecule has 0 rings (SSSR count). The molecule has 116 valence electrons. The summed E-state index contributed by atoms with van der Waals surface area (Å²) >= 11 is 0. The number of unbranched alkanes of at least 4 members (excludes halogenated alkanes) is 2. The summed E-state index contributed by atoms with van der Waals surface area (Å²) in [6.45, 7) is 5.71. The third kappa shape index (κ3) is 8.50. The lowest BCUT2D eigenvalue weighted by Crippen LogP contribution is -2.49. The Morgan fingerprint density at radius 1 is 1.10 bits per heavy atom. The number of esters is 1. The summed E-state index contributed by atoms with van der Waals surface area (Å²) in [6.07, 6.45) is 2.81. The van der Waals surface area contributed by atoms with Gasteiger partial charge in [-0.1, -0.05) is 20.3 Å². The summed E-state index contributed by atoms with van der Waals surface area (Å²) in [5.74, 6) is -0.544. The molecular formula is C14H26N2O4. The molecule has 0 spiro atoms.